The monoisotopic (exact) mass is 498 g/mol. The Bertz CT molecular complexity index is 684. The summed E-state index contributed by atoms with van der Waals surface area (Å²) in [5, 5.41) is 3.38. The van der Waals surface area contributed by atoms with E-state index in [9.17, 15) is 0 Å². The lowest BCUT2D eigenvalue weighted by atomic mass is 10.1. The minimum atomic E-state index is -0.0751. The van der Waals surface area contributed by atoms with E-state index in [1.54, 1.807) is 21.7 Å². The normalized spacial score (nSPS) is 11.6. The van der Waals surface area contributed by atoms with Gasteiger partial charge in [-0.15, -0.1) is 0 Å². The summed E-state index contributed by atoms with van der Waals surface area (Å²) >= 11 is 0. The molecule has 0 spiro atoms. The van der Waals surface area contributed by atoms with Crippen molar-refractivity contribution in [3.8, 4) is 11.1 Å². The molecule has 0 saturated heterocycles. The summed E-state index contributed by atoms with van der Waals surface area (Å²) in [6.07, 6.45) is 22.0. The molecular formula is C32H52P2. The van der Waals surface area contributed by atoms with Crippen LogP contribution >= 0.6 is 15.8 Å². The molecule has 2 aromatic rings. The predicted octanol–water partition coefficient (Wildman–Crippen LogP) is 10.3. The third-order valence-corrected chi connectivity index (χ3v) is 12.5. The Labute approximate surface area is 215 Å². The zero-order valence-corrected chi connectivity index (χ0v) is 24.6. The molecule has 0 N–H and O–H groups in total. The van der Waals surface area contributed by atoms with Crippen LogP contribution in [0.3, 0.4) is 0 Å². The maximum atomic E-state index is 2.49. The highest BCUT2D eigenvalue weighted by Crippen LogP contribution is 2.44. The first-order valence-electron chi connectivity index (χ1n) is 14.4. The largest absolute Gasteiger partial charge is 0.0746 e. The van der Waals surface area contributed by atoms with Crippen LogP contribution in [-0.4, -0.2) is 24.6 Å². The summed E-state index contributed by atoms with van der Waals surface area (Å²) in [5.74, 6) is 0. The number of benzene rings is 2. The fourth-order valence-corrected chi connectivity index (χ4v) is 10.4. The van der Waals surface area contributed by atoms with Gasteiger partial charge in [0.25, 0.3) is 0 Å². The summed E-state index contributed by atoms with van der Waals surface area (Å²) in [6, 6.07) is 19.1. The molecule has 0 aromatic heterocycles. The van der Waals surface area contributed by atoms with Crippen LogP contribution in [0.15, 0.2) is 48.5 Å². The molecule has 0 amide bonds. The zero-order chi connectivity index (χ0) is 24.4. The Hall–Kier alpha value is -0.700. The van der Waals surface area contributed by atoms with Gasteiger partial charge in [0.2, 0.25) is 0 Å². The smallest absolute Gasteiger partial charge is 0.0101 e. The molecule has 0 aliphatic heterocycles. The molecule has 0 unspecified atom stereocenters. The Kier molecular flexibility index (Phi) is 16.1. The third-order valence-electron chi connectivity index (χ3n) is 6.91. The lowest BCUT2D eigenvalue weighted by Gasteiger charge is -2.25. The fourth-order valence-electron chi connectivity index (χ4n) is 4.87. The van der Waals surface area contributed by atoms with Gasteiger partial charge < -0.3 is 0 Å². The van der Waals surface area contributed by atoms with Crippen molar-refractivity contribution in [2.75, 3.05) is 24.6 Å². The molecule has 0 aliphatic rings. The summed E-state index contributed by atoms with van der Waals surface area (Å²) in [4.78, 5) is 0. The minimum Gasteiger partial charge on any atom is -0.0746 e. The lowest BCUT2D eigenvalue weighted by molar-refractivity contribution is 0.763. The van der Waals surface area contributed by atoms with Gasteiger partial charge in [-0.25, -0.2) is 0 Å². The first-order valence-corrected chi connectivity index (χ1v) is 17.9. The highest BCUT2D eigenvalue weighted by Gasteiger charge is 2.20. The van der Waals surface area contributed by atoms with Crippen molar-refractivity contribution >= 4 is 26.5 Å². The average molecular weight is 499 g/mol. The molecule has 0 heterocycles. The molecule has 0 atom stereocenters. The van der Waals surface area contributed by atoms with Gasteiger partial charge in [0.15, 0.2) is 0 Å². The molecule has 190 valence electrons. The molecular weight excluding hydrogens is 446 g/mol. The Morgan fingerprint density at radius 3 is 1.00 bits per heavy atom. The van der Waals surface area contributed by atoms with Crippen molar-refractivity contribution in [3.63, 3.8) is 0 Å². The highest BCUT2D eigenvalue weighted by atomic mass is 31.1. The second kappa shape index (κ2) is 18.6. The Morgan fingerprint density at radius 2 is 0.706 bits per heavy atom. The summed E-state index contributed by atoms with van der Waals surface area (Å²) in [5.41, 5.74) is 3.13. The lowest BCUT2D eigenvalue weighted by Crippen LogP contribution is -2.16. The Balaban J connectivity index is 2.40. The van der Waals surface area contributed by atoms with Crippen molar-refractivity contribution in [2.45, 2.75) is 105 Å². The van der Waals surface area contributed by atoms with E-state index in [1.807, 2.05) is 0 Å². The van der Waals surface area contributed by atoms with Gasteiger partial charge in [-0.3, -0.25) is 0 Å². The molecule has 0 saturated carbocycles. The van der Waals surface area contributed by atoms with Gasteiger partial charge in [0.05, 0.1) is 0 Å². The number of rotatable bonds is 19. The SMILES string of the molecule is CCCCCP(CCCCC)c1ccccc1-c1ccccc1P(CCCCC)CCCCC. The van der Waals surface area contributed by atoms with E-state index in [-0.39, 0.29) is 15.8 Å². The van der Waals surface area contributed by atoms with Gasteiger partial charge in [-0.1, -0.05) is 143 Å². The van der Waals surface area contributed by atoms with Gasteiger partial charge in [0, 0.05) is 0 Å². The van der Waals surface area contributed by atoms with Crippen molar-refractivity contribution in [1.82, 2.24) is 0 Å². The second-order valence-electron chi connectivity index (χ2n) is 9.84. The first kappa shape index (κ1) is 29.5. The molecule has 0 fully saturated rings. The van der Waals surface area contributed by atoms with E-state index >= 15 is 0 Å². The molecule has 0 radical (unpaired) electrons. The zero-order valence-electron chi connectivity index (χ0n) is 22.8. The summed E-state index contributed by atoms with van der Waals surface area (Å²) < 4.78 is 0. The van der Waals surface area contributed by atoms with Crippen LogP contribution in [0.2, 0.25) is 0 Å². The van der Waals surface area contributed by atoms with E-state index in [0.717, 1.165) is 0 Å². The molecule has 2 heteroatoms. The van der Waals surface area contributed by atoms with Crippen LogP contribution < -0.4 is 10.6 Å². The molecule has 34 heavy (non-hydrogen) atoms. The van der Waals surface area contributed by atoms with E-state index in [0.29, 0.717) is 0 Å². The fraction of sp³-hybridized carbons (Fsp3) is 0.625. The van der Waals surface area contributed by atoms with Crippen molar-refractivity contribution < 1.29 is 0 Å². The molecule has 0 nitrogen and oxygen atoms in total. The topological polar surface area (TPSA) is 0 Å². The molecule has 2 rings (SSSR count). The van der Waals surface area contributed by atoms with E-state index in [2.05, 4.69) is 76.2 Å². The van der Waals surface area contributed by atoms with Crippen molar-refractivity contribution in [1.29, 1.82) is 0 Å². The number of hydrogen-bond donors (Lipinski definition) is 0. The van der Waals surface area contributed by atoms with Crippen molar-refractivity contribution in [3.05, 3.63) is 48.5 Å². The van der Waals surface area contributed by atoms with E-state index in [1.165, 1.54) is 102 Å². The molecule has 0 bridgehead atoms. The molecule has 0 aliphatic carbocycles. The van der Waals surface area contributed by atoms with E-state index in [4.69, 9.17) is 0 Å². The van der Waals surface area contributed by atoms with Crippen LogP contribution in [0.4, 0.5) is 0 Å². The summed E-state index contributed by atoms with van der Waals surface area (Å²) in [6.45, 7) is 9.34. The van der Waals surface area contributed by atoms with Crippen LogP contribution in [0.1, 0.15) is 105 Å². The quantitative estimate of drug-likeness (QED) is 0.133. The van der Waals surface area contributed by atoms with Gasteiger partial charge in [-0.05, 0) is 72.1 Å². The maximum Gasteiger partial charge on any atom is -0.0101 e. The van der Waals surface area contributed by atoms with Crippen LogP contribution in [0, 0.1) is 0 Å². The second-order valence-corrected chi connectivity index (χ2v) is 14.7. The van der Waals surface area contributed by atoms with Crippen LogP contribution in [-0.2, 0) is 0 Å². The van der Waals surface area contributed by atoms with E-state index < -0.39 is 0 Å². The van der Waals surface area contributed by atoms with Crippen LogP contribution in [0.25, 0.3) is 11.1 Å². The summed E-state index contributed by atoms with van der Waals surface area (Å²) in [7, 11) is -0.150. The van der Waals surface area contributed by atoms with Crippen LogP contribution in [0.5, 0.6) is 0 Å². The van der Waals surface area contributed by atoms with Gasteiger partial charge >= 0.3 is 0 Å². The predicted molar refractivity (Wildman–Crippen MR) is 163 cm³/mol. The van der Waals surface area contributed by atoms with Crippen molar-refractivity contribution in [2.24, 2.45) is 0 Å². The number of unbranched alkanes of at least 4 members (excludes halogenated alkanes) is 8. The first-order chi connectivity index (χ1) is 16.8. The Morgan fingerprint density at radius 1 is 0.412 bits per heavy atom. The highest BCUT2D eigenvalue weighted by molar-refractivity contribution is 7.66. The maximum absolute atomic E-state index is 2.49. The minimum absolute atomic E-state index is 0.0751. The number of hydrogen-bond acceptors (Lipinski definition) is 0. The van der Waals surface area contributed by atoms with Gasteiger partial charge in [-0.2, -0.15) is 0 Å². The van der Waals surface area contributed by atoms with Gasteiger partial charge in [0.1, 0.15) is 0 Å². The standard InChI is InChI=1S/C32H52P2/c1-5-9-17-25-33(26-18-10-6-2)31-23-15-13-21-29(31)30-22-14-16-24-32(30)34(27-19-11-7-3)28-20-12-8-4/h13-16,21-24H,5-12,17-20,25-28H2,1-4H3. The molecule has 2 aromatic carbocycles. The third kappa shape index (κ3) is 10.1. The average Bonchev–Trinajstić information content (AvgIpc) is 2.87.